The zero-order valence-electron chi connectivity index (χ0n) is 35.9. The minimum absolute atomic E-state index is 0.839. The zero-order chi connectivity index (χ0) is 43.3. The Balaban J connectivity index is 1.06. The minimum Gasteiger partial charge on any atom is -0.455 e. The standard InChI is InChI=1S/C62H40N2O2/c1-3-15-41(16-4-1)63-33-34-64(42-17-5-2-6-18-42)58-38-56-54-36-40(44-24-14-26-52-50-22-10-12-28-60(50)66-62(44)52)30-32-48(54)47-31-29-39(35-53(47)45-19-7-8-20-46(45)55(56)37-57(58)63)43-23-13-25-51-49-21-9-11-27-59(49)65-61(43)51/h1-32,35-38H,33-34H2. The number of furan rings is 2. The van der Waals surface area contributed by atoms with Crippen LogP contribution in [0.15, 0.2) is 227 Å². The van der Waals surface area contributed by atoms with Gasteiger partial charge in [-0.25, -0.2) is 0 Å². The number of para-hydroxylation sites is 6. The van der Waals surface area contributed by atoms with Gasteiger partial charge in [-0.05, 0) is 116 Å². The molecular formula is C62H40N2O2. The smallest absolute Gasteiger partial charge is 0.143 e. The molecule has 10 aromatic carbocycles. The molecule has 0 amide bonds. The Bertz CT molecular complexity index is 3900. The van der Waals surface area contributed by atoms with E-state index < -0.39 is 0 Å². The maximum absolute atomic E-state index is 6.68. The van der Waals surface area contributed by atoms with E-state index in [0.717, 1.165) is 79.2 Å². The summed E-state index contributed by atoms with van der Waals surface area (Å²) in [6, 6.07) is 79.4. The fourth-order valence-corrected chi connectivity index (χ4v) is 10.9. The third kappa shape index (κ3) is 5.58. The predicted molar refractivity (Wildman–Crippen MR) is 274 cm³/mol. The van der Waals surface area contributed by atoms with Gasteiger partial charge in [0.1, 0.15) is 22.3 Å². The molecule has 66 heavy (non-hydrogen) atoms. The van der Waals surface area contributed by atoms with E-state index in [-0.39, 0.29) is 0 Å². The van der Waals surface area contributed by atoms with Crippen LogP contribution in [0.2, 0.25) is 0 Å². The van der Waals surface area contributed by atoms with Crippen LogP contribution in [0.3, 0.4) is 0 Å². The lowest BCUT2D eigenvalue weighted by Gasteiger charge is -2.40. The number of benzene rings is 10. The van der Waals surface area contributed by atoms with Crippen molar-refractivity contribution in [3.05, 3.63) is 218 Å². The molecule has 2 aliphatic rings. The minimum atomic E-state index is 0.839. The first-order valence-electron chi connectivity index (χ1n) is 22.8. The van der Waals surface area contributed by atoms with Crippen molar-refractivity contribution in [2.45, 2.75) is 0 Å². The van der Waals surface area contributed by atoms with E-state index in [1.165, 1.54) is 67.3 Å². The van der Waals surface area contributed by atoms with E-state index in [9.17, 15) is 0 Å². The average molecular weight is 845 g/mol. The Morgan fingerprint density at radius 3 is 1.14 bits per heavy atom. The number of anilines is 4. The Morgan fingerprint density at radius 1 is 0.273 bits per heavy atom. The molecule has 2 aromatic heterocycles. The second-order valence-corrected chi connectivity index (χ2v) is 17.5. The number of fused-ring (bicyclic) bond motifs is 15. The van der Waals surface area contributed by atoms with Crippen LogP contribution in [0.4, 0.5) is 22.7 Å². The quantitative estimate of drug-likeness (QED) is 0.177. The van der Waals surface area contributed by atoms with Gasteiger partial charge in [0.25, 0.3) is 0 Å². The molecule has 0 saturated heterocycles. The molecular weight excluding hydrogens is 805 g/mol. The normalized spacial score (nSPS) is 13.0. The van der Waals surface area contributed by atoms with Crippen molar-refractivity contribution in [3.8, 4) is 66.8 Å². The lowest BCUT2D eigenvalue weighted by Crippen LogP contribution is -2.36. The van der Waals surface area contributed by atoms with E-state index in [1.54, 1.807) is 0 Å². The second kappa shape index (κ2) is 14.5. The number of hydrogen-bond acceptors (Lipinski definition) is 4. The van der Waals surface area contributed by atoms with Gasteiger partial charge >= 0.3 is 0 Å². The summed E-state index contributed by atoms with van der Waals surface area (Å²) >= 11 is 0. The number of hydrogen-bond donors (Lipinski definition) is 0. The van der Waals surface area contributed by atoms with Crippen LogP contribution >= 0.6 is 0 Å². The van der Waals surface area contributed by atoms with Crippen molar-refractivity contribution in [1.29, 1.82) is 0 Å². The summed E-state index contributed by atoms with van der Waals surface area (Å²) < 4.78 is 13.3. The summed E-state index contributed by atoms with van der Waals surface area (Å²) in [7, 11) is 0. The zero-order valence-corrected chi connectivity index (χ0v) is 35.9. The largest absolute Gasteiger partial charge is 0.455 e. The second-order valence-electron chi connectivity index (χ2n) is 17.5. The van der Waals surface area contributed by atoms with Crippen molar-refractivity contribution < 1.29 is 8.83 Å². The van der Waals surface area contributed by atoms with Gasteiger partial charge in [-0.15, -0.1) is 0 Å². The maximum Gasteiger partial charge on any atom is 0.143 e. The van der Waals surface area contributed by atoms with Crippen LogP contribution in [0.5, 0.6) is 0 Å². The highest BCUT2D eigenvalue weighted by molar-refractivity contribution is 6.13. The third-order valence-corrected chi connectivity index (χ3v) is 13.9. The molecule has 0 bridgehead atoms. The number of nitrogens with zero attached hydrogens (tertiary/aromatic N) is 2. The number of rotatable bonds is 4. The molecule has 0 unspecified atom stereocenters. The van der Waals surface area contributed by atoms with Crippen molar-refractivity contribution >= 4 is 66.6 Å². The van der Waals surface area contributed by atoms with E-state index in [4.69, 9.17) is 8.83 Å². The van der Waals surface area contributed by atoms with Crippen LogP contribution in [0, 0.1) is 0 Å². The maximum atomic E-state index is 6.68. The fraction of sp³-hybridized carbons (Fsp3) is 0.0323. The van der Waals surface area contributed by atoms with Crippen LogP contribution in [-0.4, -0.2) is 13.1 Å². The van der Waals surface area contributed by atoms with Gasteiger partial charge in [0, 0.05) is 57.1 Å². The molecule has 0 N–H and O–H groups in total. The monoisotopic (exact) mass is 844 g/mol. The molecule has 0 atom stereocenters. The molecule has 0 saturated carbocycles. The summed E-state index contributed by atoms with van der Waals surface area (Å²) in [5.74, 6) is 0. The first kappa shape index (κ1) is 36.8. The molecule has 310 valence electrons. The van der Waals surface area contributed by atoms with Crippen molar-refractivity contribution in [3.63, 3.8) is 0 Å². The molecule has 4 nitrogen and oxygen atoms in total. The Hall–Kier alpha value is -8.60. The van der Waals surface area contributed by atoms with E-state index >= 15 is 0 Å². The Morgan fingerprint density at radius 2 is 0.636 bits per heavy atom. The van der Waals surface area contributed by atoms with Gasteiger partial charge in [-0.2, -0.15) is 0 Å². The highest BCUT2D eigenvalue weighted by Crippen LogP contribution is 2.54. The topological polar surface area (TPSA) is 32.8 Å². The molecule has 0 spiro atoms. The van der Waals surface area contributed by atoms with Crippen LogP contribution in [0.1, 0.15) is 0 Å². The van der Waals surface area contributed by atoms with Gasteiger partial charge in [0.05, 0.1) is 11.4 Å². The molecule has 0 fully saturated rings. The molecule has 12 aromatic rings. The van der Waals surface area contributed by atoms with Gasteiger partial charge in [0.15, 0.2) is 0 Å². The molecule has 14 rings (SSSR count). The highest BCUT2D eigenvalue weighted by Gasteiger charge is 2.31. The first-order valence-corrected chi connectivity index (χ1v) is 22.8. The molecule has 1 aliphatic carbocycles. The summed E-state index contributed by atoms with van der Waals surface area (Å²) in [5, 5.41) is 4.50. The van der Waals surface area contributed by atoms with E-state index in [1.807, 2.05) is 12.1 Å². The Labute approximate surface area is 381 Å². The van der Waals surface area contributed by atoms with Crippen molar-refractivity contribution in [2.75, 3.05) is 22.9 Å². The highest BCUT2D eigenvalue weighted by atomic mass is 16.3. The third-order valence-electron chi connectivity index (χ3n) is 13.9. The van der Waals surface area contributed by atoms with Crippen molar-refractivity contribution in [1.82, 2.24) is 0 Å². The van der Waals surface area contributed by atoms with Crippen LogP contribution in [-0.2, 0) is 0 Å². The van der Waals surface area contributed by atoms with Gasteiger partial charge in [0.2, 0.25) is 0 Å². The van der Waals surface area contributed by atoms with Gasteiger partial charge in [-0.3, -0.25) is 0 Å². The lowest BCUT2D eigenvalue weighted by atomic mass is 9.78. The first-order chi connectivity index (χ1) is 32.7. The molecule has 0 radical (unpaired) electrons. The van der Waals surface area contributed by atoms with Crippen molar-refractivity contribution in [2.24, 2.45) is 0 Å². The molecule has 1 aliphatic heterocycles. The molecule has 3 heterocycles. The molecule has 4 heteroatoms. The van der Waals surface area contributed by atoms with Gasteiger partial charge in [-0.1, -0.05) is 158 Å². The van der Waals surface area contributed by atoms with Crippen LogP contribution in [0.25, 0.3) is 111 Å². The summed E-state index contributed by atoms with van der Waals surface area (Å²) in [6.45, 7) is 1.68. The van der Waals surface area contributed by atoms with Crippen LogP contribution < -0.4 is 9.80 Å². The van der Waals surface area contributed by atoms with Gasteiger partial charge < -0.3 is 18.6 Å². The fourth-order valence-electron chi connectivity index (χ4n) is 10.9. The summed E-state index contributed by atoms with van der Waals surface area (Å²) in [6.07, 6.45) is 0. The summed E-state index contributed by atoms with van der Waals surface area (Å²) in [5.41, 5.74) is 22.2. The van der Waals surface area contributed by atoms with E-state index in [2.05, 4.69) is 216 Å². The SMILES string of the molecule is c1ccc(N2CCN(c3ccccc3)c3cc4c(cc32)-c2ccccc2-c2cc(-c3cccc5c3oc3ccccc35)ccc2-c2ccc(-c3cccc5c3oc3ccccc35)cc2-4)cc1. The lowest BCUT2D eigenvalue weighted by molar-refractivity contribution is 0.669. The predicted octanol–water partition coefficient (Wildman–Crippen LogP) is 17.1. The average Bonchev–Trinajstić information content (AvgIpc) is 3.97. The summed E-state index contributed by atoms with van der Waals surface area (Å²) in [4.78, 5) is 4.99. The van der Waals surface area contributed by atoms with E-state index in [0.29, 0.717) is 0 Å². The Kier molecular flexibility index (Phi) is 8.07.